The van der Waals surface area contributed by atoms with Gasteiger partial charge in [0.25, 0.3) is 6.47 Å². The van der Waals surface area contributed by atoms with Crippen molar-refractivity contribution in [3.63, 3.8) is 0 Å². The topological polar surface area (TPSA) is 50.8 Å². The molecule has 0 aromatic heterocycles. The van der Waals surface area contributed by atoms with Gasteiger partial charge >= 0.3 is 0 Å². The molecule has 3 rings (SSSR count). The fourth-order valence-electron chi connectivity index (χ4n) is 4.02. The maximum atomic E-state index is 10.5. The Morgan fingerprint density at radius 3 is 2.58 bits per heavy atom. The Hall–Kier alpha value is -1.43. The van der Waals surface area contributed by atoms with Crippen LogP contribution in [0.25, 0.3) is 0 Å². The zero-order valence-corrected chi connectivity index (χ0v) is 16.1. The van der Waals surface area contributed by atoms with Crippen LogP contribution in [-0.4, -0.2) is 49.3 Å². The molecule has 2 heterocycles. The zero-order chi connectivity index (χ0) is 18.4. The first-order chi connectivity index (χ1) is 12.6. The van der Waals surface area contributed by atoms with Gasteiger partial charge in [-0.25, -0.2) is 0 Å². The monoisotopic (exact) mass is 360 g/mol. The summed E-state index contributed by atoms with van der Waals surface area (Å²) in [7, 11) is 0. The van der Waals surface area contributed by atoms with Crippen molar-refractivity contribution >= 4 is 6.47 Å². The highest BCUT2D eigenvalue weighted by atomic mass is 16.5. The number of rotatable bonds is 7. The van der Waals surface area contributed by atoms with Crippen LogP contribution < -0.4 is 5.32 Å². The lowest BCUT2D eigenvalue weighted by molar-refractivity contribution is -0.135. The van der Waals surface area contributed by atoms with E-state index in [-0.39, 0.29) is 11.7 Å². The van der Waals surface area contributed by atoms with Crippen molar-refractivity contribution in [2.24, 2.45) is 0 Å². The van der Waals surface area contributed by atoms with Gasteiger partial charge in [0.15, 0.2) is 0 Å². The Bertz CT molecular complexity index is 591. The number of nitrogens with zero attached hydrogens (tertiary/aromatic N) is 1. The Labute approximate surface area is 157 Å². The minimum atomic E-state index is -0.00434. The number of piperidine rings is 2. The molecular weight excluding hydrogens is 328 g/mol. The number of carbonyl (C=O) groups excluding carboxylic acids is 1. The lowest BCUT2D eigenvalue weighted by Crippen LogP contribution is -2.41. The Kier molecular flexibility index (Phi) is 6.68. The minimum Gasteiger partial charge on any atom is -0.464 e. The van der Waals surface area contributed by atoms with Gasteiger partial charge in [-0.2, -0.15) is 0 Å². The number of hydrogen-bond donors (Lipinski definition) is 1. The largest absolute Gasteiger partial charge is 0.464 e. The van der Waals surface area contributed by atoms with Crippen LogP contribution in [0.3, 0.4) is 0 Å². The molecule has 1 aromatic carbocycles. The van der Waals surface area contributed by atoms with Gasteiger partial charge in [-0.15, -0.1) is 0 Å². The fourth-order valence-corrected chi connectivity index (χ4v) is 4.02. The zero-order valence-electron chi connectivity index (χ0n) is 16.1. The van der Waals surface area contributed by atoms with Crippen LogP contribution in [0, 0.1) is 6.92 Å². The third-order valence-electron chi connectivity index (χ3n) is 5.63. The standard InChI is InChI=1S/C21H32N2O3/c1-17-11-18(14-23-9-3-20(4-10-23)25-16-24)13-19(12-17)15-26-21(2)5-7-22-8-6-21/h11-13,16,20,22H,3-10,14-15H2,1-2H3. The smallest absolute Gasteiger partial charge is 0.293 e. The molecule has 1 aromatic rings. The lowest BCUT2D eigenvalue weighted by atomic mass is 9.94. The number of aryl methyl sites for hydroxylation is 1. The molecule has 2 aliphatic rings. The SMILES string of the molecule is Cc1cc(COC2(C)CCNCC2)cc(CN2CCC(OC=O)CC2)c1. The Morgan fingerprint density at radius 2 is 1.88 bits per heavy atom. The average Bonchev–Trinajstić information content (AvgIpc) is 2.62. The highest BCUT2D eigenvalue weighted by Crippen LogP contribution is 2.25. The second kappa shape index (κ2) is 8.98. The first-order valence-electron chi connectivity index (χ1n) is 9.82. The van der Waals surface area contributed by atoms with E-state index in [1.165, 1.54) is 16.7 Å². The van der Waals surface area contributed by atoms with E-state index in [2.05, 4.69) is 42.3 Å². The number of ether oxygens (including phenoxy) is 2. The van der Waals surface area contributed by atoms with Gasteiger partial charge in [0, 0.05) is 19.6 Å². The molecule has 2 saturated heterocycles. The molecule has 26 heavy (non-hydrogen) atoms. The van der Waals surface area contributed by atoms with Crippen LogP contribution in [-0.2, 0) is 27.4 Å². The van der Waals surface area contributed by atoms with Gasteiger partial charge in [-0.05, 0) is 63.7 Å². The molecule has 144 valence electrons. The molecule has 0 spiro atoms. The van der Waals surface area contributed by atoms with E-state index in [0.717, 1.165) is 58.4 Å². The minimum absolute atomic E-state index is 0.00434. The summed E-state index contributed by atoms with van der Waals surface area (Å²) in [6.07, 6.45) is 4.09. The van der Waals surface area contributed by atoms with Gasteiger partial charge in [0.05, 0.1) is 12.2 Å². The molecule has 2 aliphatic heterocycles. The Balaban J connectivity index is 1.55. The van der Waals surface area contributed by atoms with Crippen LogP contribution in [0.5, 0.6) is 0 Å². The second-order valence-corrected chi connectivity index (χ2v) is 8.02. The molecule has 0 atom stereocenters. The van der Waals surface area contributed by atoms with Crippen molar-refractivity contribution in [3.05, 3.63) is 34.9 Å². The van der Waals surface area contributed by atoms with Gasteiger partial charge in [0.2, 0.25) is 0 Å². The van der Waals surface area contributed by atoms with Crippen molar-refractivity contribution in [3.8, 4) is 0 Å². The van der Waals surface area contributed by atoms with Crippen LogP contribution in [0.1, 0.15) is 49.3 Å². The predicted molar refractivity (Wildman–Crippen MR) is 102 cm³/mol. The normalized spacial score (nSPS) is 21.5. The third kappa shape index (κ3) is 5.53. The molecule has 5 heteroatoms. The summed E-state index contributed by atoms with van der Waals surface area (Å²) in [5.41, 5.74) is 3.89. The summed E-state index contributed by atoms with van der Waals surface area (Å²) in [6.45, 7) is 10.6. The maximum absolute atomic E-state index is 10.5. The highest BCUT2D eigenvalue weighted by molar-refractivity contribution is 5.37. The number of nitrogens with one attached hydrogen (secondary N) is 1. The first-order valence-corrected chi connectivity index (χ1v) is 9.82. The van der Waals surface area contributed by atoms with Gasteiger partial charge in [-0.1, -0.05) is 23.8 Å². The van der Waals surface area contributed by atoms with E-state index >= 15 is 0 Å². The third-order valence-corrected chi connectivity index (χ3v) is 5.63. The van der Waals surface area contributed by atoms with E-state index < -0.39 is 0 Å². The summed E-state index contributed by atoms with van der Waals surface area (Å²) in [5.74, 6) is 0. The molecule has 0 radical (unpaired) electrons. The average molecular weight is 360 g/mol. The van der Waals surface area contributed by atoms with Gasteiger partial charge in [0.1, 0.15) is 6.10 Å². The van der Waals surface area contributed by atoms with Gasteiger partial charge in [-0.3, -0.25) is 9.69 Å². The number of likely N-dealkylation sites (tertiary alicyclic amines) is 1. The quantitative estimate of drug-likeness (QED) is 0.758. The summed E-state index contributed by atoms with van der Waals surface area (Å²) >= 11 is 0. The molecule has 0 aliphatic carbocycles. The summed E-state index contributed by atoms with van der Waals surface area (Å²) < 4.78 is 11.4. The predicted octanol–water partition coefficient (Wildman–Crippen LogP) is 2.79. The number of carbonyl (C=O) groups is 1. The van der Waals surface area contributed by atoms with Crippen molar-refractivity contribution in [1.82, 2.24) is 10.2 Å². The molecule has 0 unspecified atom stereocenters. The van der Waals surface area contributed by atoms with Crippen molar-refractivity contribution in [2.75, 3.05) is 26.2 Å². The summed E-state index contributed by atoms with van der Waals surface area (Å²) in [6, 6.07) is 6.79. The van der Waals surface area contributed by atoms with Crippen molar-refractivity contribution in [1.29, 1.82) is 0 Å². The number of benzene rings is 1. The Morgan fingerprint density at radius 1 is 1.19 bits per heavy atom. The molecule has 0 amide bonds. The van der Waals surface area contributed by atoms with Crippen LogP contribution in [0.4, 0.5) is 0 Å². The van der Waals surface area contributed by atoms with Crippen LogP contribution in [0.15, 0.2) is 18.2 Å². The fraction of sp³-hybridized carbons (Fsp3) is 0.667. The summed E-state index contributed by atoms with van der Waals surface area (Å²) in [4.78, 5) is 12.9. The molecule has 0 saturated carbocycles. The van der Waals surface area contributed by atoms with Gasteiger partial charge < -0.3 is 14.8 Å². The molecule has 1 N–H and O–H groups in total. The first kappa shape index (κ1) is 19.3. The molecule has 0 bridgehead atoms. The second-order valence-electron chi connectivity index (χ2n) is 8.02. The van der Waals surface area contributed by atoms with Crippen molar-refractivity contribution < 1.29 is 14.3 Å². The molecule has 5 nitrogen and oxygen atoms in total. The van der Waals surface area contributed by atoms with E-state index in [9.17, 15) is 4.79 Å². The van der Waals surface area contributed by atoms with E-state index in [1.807, 2.05) is 0 Å². The maximum Gasteiger partial charge on any atom is 0.293 e. The lowest BCUT2D eigenvalue weighted by Gasteiger charge is -2.34. The highest BCUT2D eigenvalue weighted by Gasteiger charge is 2.27. The van der Waals surface area contributed by atoms with Crippen molar-refractivity contribution in [2.45, 2.75) is 64.4 Å². The van der Waals surface area contributed by atoms with E-state index in [0.29, 0.717) is 13.1 Å². The van der Waals surface area contributed by atoms with E-state index in [1.54, 1.807) is 0 Å². The molecular formula is C21H32N2O3. The van der Waals surface area contributed by atoms with E-state index in [4.69, 9.17) is 9.47 Å². The summed E-state index contributed by atoms with van der Waals surface area (Å²) in [5, 5.41) is 3.40. The molecule has 2 fully saturated rings. The van der Waals surface area contributed by atoms with Crippen LogP contribution in [0.2, 0.25) is 0 Å². The number of hydrogen-bond acceptors (Lipinski definition) is 5. The van der Waals surface area contributed by atoms with Crippen LogP contribution >= 0.6 is 0 Å².